The van der Waals surface area contributed by atoms with E-state index in [9.17, 15) is 4.79 Å². The van der Waals surface area contributed by atoms with Crippen molar-refractivity contribution in [2.24, 2.45) is 11.3 Å². The Morgan fingerprint density at radius 3 is 2.20 bits per heavy atom. The fourth-order valence-electron chi connectivity index (χ4n) is 1.33. The van der Waals surface area contributed by atoms with Crippen molar-refractivity contribution in [3.8, 4) is 0 Å². The number of carbonyl (C=O) groups excluding carboxylic acids is 1. The summed E-state index contributed by atoms with van der Waals surface area (Å²) in [5.74, 6) is 0.202. The lowest BCUT2D eigenvalue weighted by atomic mass is 9.83. The Labute approximate surface area is 112 Å². The molecule has 0 saturated heterocycles. The van der Waals surface area contributed by atoms with Crippen molar-refractivity contribution >= 4 is 41.2 Å². The second kappa shape index (κ2) is 6.33. The summed E-state index contributed by atoms with van der Waals surface area (Å²) in [5.41, 5.74) is -0.525. The van der Waals surface area contributed by atoms with Crippen LogP contribution in [0.1, 0.15) is 34.6 Å². The van der Waals surface area contributed by atoms with Crippen molar-refractivity contribution < 1.29 is 9.53 Å². The predicted octanol–water partition coefficient (Wildman–Crippen LogP) is 3.33. The van der Waals surface area contributed by atoms with Crippen LogP contribution in [0.2, 0.25) is 0 Å². The highest BCUT2D eigenvalue weighted by Gasteiger charge is 2.37. The van der Waals surface area contributed by atoms with Gasteiger partial charge in [0.2, 0.25) is 0 Å². The van der Waals surface area contributed by atoms with E-state index in [1.807, 2.05) is 20.8 Å². The van der Waals surface area contributed by atoms with Crippen LogP contribution in [-0.4, -0.2) is 21.8 Å². The van der Waals surface area contributed by atoms with E-state index in [4.69, 9.17) is 4.74 Å². The van der Waals surface area contributed by atoms with Crippen molar-refractivity contribution in [3.63, 3.8) is 0 Å². The minimum Gasteiger partial charge on any atom is -0.464 e. The summed E-state index contributed by atoms with van der Waals surface area (Å²) in [6, 6.07) is 0. The molecule has 15 heavy (non-hydrogen) atoms. The number of carbonyl (C=O) groups is 1. The van der Waals surface area contributed by atoms with E-state index in [1.165, 1.54) is 0 Å². The first-order valence-electron chi connectivity index (χ1n) is 5.19. The van der Waals surface area contributed by atoms with Crippen molar-refractivity contribution in [2.45, 2.75) is 43.8 Å². The average Bonchev–Trinajstić information content (AvgIpc) is 2.12. The van der Waals surface area contributed by atoms with Gasteiger partial charge in [-0.25, -0.2) is 0 Å². The summed E-state index contributed by atoms with van der Waals surface area (Å²) in [5, 5.41) is 0.0227. The second-order valence-electron chi connectivity index (χ2n) is 4.79. The van der Waals surface area contributed by atoms with E-state index < -0.39 is 5.41 Å². The Kier molecular flexibility index (Phi) is 6.56. The molecule has 0 aliphatic rings. The maximum absolute atomic E-state index is 11.8. The maximum Gasteiger partial charge on any atom is 0.312 e. The van der Waals surface area contributed by atoms with Gasteiger partial charge in [0.1, 0.15) is 6.61 Å². The summed E-state index contributed by atoms with van der Waals surface area (Å²) in [6.07, 6.45) is 0. The third-order valence-corrected chi connectivity index (χ3v) is 3.94. The van der Waals surface area contributed by atoms with Crippen LogP contribution in [0, 0.1) is 11.3 Å². The molecule has 0 saturated carbocycles. The van der Waals surface area contributed by atoms with Gasteiger partial charge in [-0.2, -0.15) is 12.6 Å². The lowest BCUT2D eigenvalue weighted by Crippen LogP contribution is -2.39. The van der Waals surface area contributed by atoms with Gasteiger partial charge in [0, 0.05) is 9.17 Å². The molecule has 90 valence electrons. The molecule has 0 aromatic heterocycles. The van der Waals surface area contributed by atoms with Crippen LogP contribution in [-0.2, 0) is 9.53 Å². The fraction of sp³-hybridized carbons (Fsp3) is 0.909. The van der Waals surface area contributed by atoms with E-state index in [2.05, 4.69) is 49.1 Å². The van der Waals surface area contributed by atoms with Crippen LogP contribution < -0.4 is 0 Å². The van der Waals surface area contributed by atoms with Gasteiger partial charge in [-0.05, 0) is 19.8 Å². The number of hydrogen-bond acceptors (Lipinski definition) is 3. The summed E-state index contributed by atoms with van der Waals surface area (Å²) in [7, 11) is 0. The molecule has 0 aliphatic heterocycles. The molecule has 2 nitrogen and oxygen atoms in total. The molecule has 2 atom stereocenters. The summed E-state index contributed by atoms with van der Waals surface area (Å²) in [6.45, 7) is 10.4. The van der Waals surface area contributed by atoms with Gasteiger partial charge in [0.05, 0.1) is 5.41 Å². The lowest BCUT2D eigenvalue weighted by molar-refractivity contribution is -0.154. The summed E-state index contributed by atoms with van der Waals surface area (Å²) < 4.78 is 5.59. The summed E-state index contributed by atoms with van der Waals surface area (Å²) in [4.78, 5) is 11.8. The molecule has 0 bridgehead atoms. The van der Waals surface area contributed by atoms with Crippen LogP contribution in [0.4, 0.5) is 0 Å². The lowest BCUT2D eigenvalue weighted by Gasteiger charge is -2.31. The highest BCUT2D eigenvalue weighted by atomic mass is 127. The highest BCUT2D eigenvalue weighted by Crippen LogP contribution is 2.32. The third kappa shape index (κ3) is 4.93. The van der Waals surface area contributed by atoms with Crippen LogP contribution in [0.15, 0.2) is 0 Å². The van der Waals surface area contributed by atoms with Crippen LogP contribution in [0.25, 0.3) is 0 Å². The van der Waals surface area contributed by atoms with Crippen molar-refractivity contribution in [3.05, 3.63) is 0 Å². The number of ether oxygens (including phenoxy) is 1. The molecule has 4 heteroatoms. The quantitative estimate of drug-likeness (QED) is 0.358. The first-order chi connectivity index (χ1) is 6.69. The van der Waals surface area contributed by atoms with Crippen LogP contribution in [0.3, 0.4) is 0 Å². The molecule has 0 aromatic carbocycles. The Hall–Kier alpha value is 0.550. The standard InChI is InChI=1S/C11H21IO2S/c1-7(2)9(15)11(4,5)10(13)14-6-8(3)12/h7-9,15H,6H2,1-5H3. The fourth-order valence-corrected chi connectivity index (χ4v) is 1.62. The minimum absolute atomic E-state index is 0.0227. The van der Waals surface area contributed by atoms with Gasteiger partial charge >= 0.3 is 5.97 Å². The maximum atomic E-state index is 11.8. The zero-order valence-corrected chi connectivity index (χ0v) is 13.1. The second-order valence-corrected chi connectivity index (χ2v) is 7.47. The van der Waals surface area contributed by atoms with Gasteiger partial charge in [-0.1, -0.05) is 43.4 Å². The van der Waals surface area contributed by atoms with E-state index in [1.54, 1.807) is 0 Å². The number of rotatable bonds is 5. The molecule has 0 rings (SSSR count). The average molecular weight is 344 g/mol. The number of thiol groups is 1. The van der Waals surface area contributed by atoms with Gasteiger partial charge in [0.15, 0.2) is 0 Å². The van der Waals surface area contributed by atoms with Gasteiger partial charge in [0.25, 0.3) is 0 Å². The molecule has 0 amide bonds. The van der Waals surface area contributed by atoms with Gasteiger partial charge in [-0.15, -0.1) is 0 Å². The van der Waals surface area contributed by atoms with Crippen LogP contribution >= 0.6 is 35.2 Å². The molecule has 0 spiro atoms. The minimum atomic E-state index is -0.525. The zero-order valence-electron chi connectivity index (χ0n) is 10.1. The molecule has 0 aromatic rings. The summed E-state index contributed by atoms with van der Waals surface area (Å²) >= 11 is 6.73. The normalized spacial score (nSPS) is 16.3. The highest BCUT2D eigenvalue weighted by molar-refractivity contribution is 14.1. The van der Waals surface area contributed by atoms with Gasteiger partial charge < -0.3 is 4.74 Å². The molecular formula is C11H21IO2S. The first-order valence-corrected chi connectivity index (χ1v) is 6.95. The van der Waals surface area contributed by atoms with Crippen molar-refractivity contribution in [1.82, 2.24) is 0 Å². The Morgan fingerprint density at radius 1 is 1.40 bits per heavy atom. The van der Waals surface area contributed by atoms with Crippen molar-refractivity contribution in [2.75, 3.05) is 6.61 Å². The number of hydrogen-bond donors (Lipinski definition) is 1. The zero-order chi connectivity index (χ0) is 12.2. The van der Waals surface area contributed by atoms with E-state index in [-0.39, 0.29) is 11.2 Å². The van der Waals surface area contributed by atoms with Crippen LogP contribution in [0.5, 0.6) is 0 Å². The topological polar surface area (TPSA) is 26.3 Å². The number of esters is 1. The molecule has 2 unspecified atom stereocenters. The Balaban J connectivity index is 4.38. The SMILES string of the molecule is CC(I)COC(=O)C(C)(C)C(S)C(C)C. The first kappa shape index (κ1) is 15.6. The monoisotopic (exact) mass is 344 g/mol. The molecule has 0 fully saturated rings. The Morgan fingerprint density at radius 2 is 1.87 bits per heavy atom. The van der Waals surface area contributed by atoms with E-state index in [0.717, 1.165) is 0 Å². The smallest absolute Gasteiger partial charge is 0.312 e. The molecule has 0 N–H and O–H groups in total. The predicted molar refractivity (Wildman–Crippen MR) is 75.8 cm³/mol. The molecule has 0 aliphatic carbocycles. The molecule has 0 radical (unpaired) electrons. The Bertz CT molecular complexity index is 215. The number of halogens is 1. The third-order valence-electron chi connectivity index (χ3n) is 2.34. The van der Waals surface area contributed by atoms with E-state index >= 15 is 0 Å². The number of alkyl halides is 1. The largest absolute Gasteiger partial charge is 0.464 e. The van der Waals surface area contributed by atoms with Gasteiger partial charge in [-0.3, -0.25) is 4.79 Å². The molecular weight excluding hydrogens is 323 g/mol. The molecule has 0 heterocycles. The van der Waals surface area contributed by atoms with E-state index in [0.29, 0.717) is 16.4 Å². The van der Waals surface area contributed by atoms with Crippen molar-refractivity contribution in [1.29, 1.82) is 0 Å².